The van der Waals surface area contributed by atoms with Gasteiger partial charge in [0, 0.05) is 25.3 Å². The fourth-order valence-electron chi connectivity index (χ4n) is 3.11. The molecule has 0 spiro atoms. The van der Waals surface area contributed by atoms with Gasteiger partial charge in [0.15, 0.2) is 0 Å². The van der Waals surface area contributed by atoms with Gasteiger partial charge in [-0.15, -0.1) is 0 Å². The lowest BCUT2D eigenvalue weighted by Gasteiger charge is -2.41. The first-order chi connectivity index (χ1) is 8.60. The summed E-state index contributed by atoms with van der Waals surface area (Å²) in [6.07, 6.45) is 7.19. The second kappa shape index (κ2) is 5.57. The molecule has 0 bridgehead atoms. The van der Waals surface area contributed by atoms with Crippen LogP contribution in [-0.4, -0.2) is 31.2 Å². The molecule has 0 aromatic rings. The Balaban J connectivity index is 2.00. The molecule has 0 aromatic heterocycles. The van der Waals surface area contributed by atoms with Gasteiger partial charge in [0.25, 0.3) is 0 Å². The van der Waals surface area contributed by atoms with Crippen LogP contribution in [0.15, 0.2) is 0 Å². The number of rotatable bonds is 3. The zero-order valence-corrected chi connectivity index (χ0v) is 11.5. The summed E-state index contributed by atoms with van der Waals surface area (Å²) in [5.41, 5.74) is 5.49. The van der Waals surface area contributed by atoms with Gasteiger partial charge in [-0.3, -0.25) is 4.79 Å². The Kier molecular flexibility index (Phi) is 4.28. The second-order valence-corrected chi connectivity index (χ2v) is 6.17. The van der Waals surface area contributed by atoms with E-state index < -0.39 is 0 Å². The molecule has 2 fully saturated rings. The van der Waals surface area contributed by atoms with E-state index in [4.69, 9.17) is 10.5 Å². The summed E-state index contributed by atoms with van der Waals surface area (Å²) < 4.78 is 5.37. The van der Waals surface area contributed by atoms with E-state index in [1.54, 1.807) is 0 Å². The van der Waals surface area contributed by atoms with Crippen molar-refractivity contribution in [3.63, 3.8) is 0 Å². The highest BCUT2D eigenvalue weighted by Gasteiger charge is 2.41. The summed E-state index contributed by atoms with van der Waals surface area (Å²) in [6, 6.07) is 0. The number of carbonyl (C=O) groups is 1. The fourth-order valence-corrected chi connectivity index (χ4v) is 3.11. The molecule has 4 heteroatoms. The Morgan fingerprint density at radius 2 is 1.78 bits per heavy atom. The minimum absolute atomic E-state index is 0.102. The highest BCUT2D eigenvalue weighted by Crippen LogP contribution is 2.36. The third-order valence-corrected chi connectivity index (χ3v) is 4.69. The summed E-state index contributed by atoms with van der Waals surface area (Å²) in [5.74, 6) is 0.175. The molecule has 2 rings (SSSR count). The summed E-state index contributed by atoms with van der Waals surface area (Å²) >= 11 is 0. The summed E-state index contributed by atoms with van der Waals surface area (Å²) in [4.78, 5) is 12.6. The lowest BCUT2D eigenvalue weighted by atomic mass is 9.72. The first-order valence-corrected chi connectivity index (χ1v) is 7.21. The van der Waals surface area contributed by atoms with Gasteiger partial charge in [0.05, 0.1) is 5.41 Å². The van der Waals surface area contributed by atoms with Gasteiger partial charge in [-0.1, -0.05) is 19.3 Å². The summed E-state index contributed by atoms with van der Waals surface area (Å²) in [6.45, 7) is 4.09. The van der Waals surface area contributed by atoms with E-state index in [1.165, 1.54) is 6.42 Å². The zero-order valence-electron chi connectivity index (χ0n) is 11.5. The van der Waals surface area contributed by atoms with Gasteiger partial charge in [-0.05, 0) is 32.6 Å². The predicted molar refractivity (Wildman–Crippen MR) is 71.2 cm³/mol. The monoisotopic (exact) mass is 254 g/mol. The summed E-state index contributed by atoms with van der Waals surface area (Å²) in [7, 11) is 0. The molecule has 104 valence electrons. The number of ether oxygens (including phenoxy) is 1. The van der Waals surface area contributed by atoms with Crippen LogP contribution in [0, 0.1) is 5.41 Å². The number of nitrogens with one attached hydrogen (secondary N) is 1. The van der Waals surface area contributed by atoms with Crippen LogP contribution in [0.2, 0.25) is 0 Å². The molecule has 0 atom stereocenters. The number of carbonyl (C=O) groups excluding carboxylic acids is 1. The van der Waals surface area contributed by atoms with Crippen LogP contribution in [0.3, 0.4) is 0 Å². The Labute approximate surface area is 110 Å². The van der Waals surface area contributed by atoms with Crippen LogP contribution in [-0.2, 0) is 9.53 Å². The van der Waals surface area contributed by atoms with Crippen molar-refractivity contribution >= 4 is 5.91 Å². The molecule has 1 amide bonds. The summed E-state index contributed by atoms with van der Waals surface area (Å²) in [5, 5.41) is 3.26. The van der Waals surface area contributed by atoms with Crippen molar-refractivity contribution in [2.75, 3.05) is 19.8 Å². The van der Waals surface area contributed by atoms with Crippen LogP contribution >= 0.6 is 0 Å². The van der Waals surface area contributed by atoms with E-state index in [2.05, 4.69) is 12.2 Å². The average Bonchev–Trinajstić information content (AvgIpc) is 2.39. The molecule has 1 aliphatic heterocycles. The maximum atomic E-state index is 12.6. The Morgan fingerprint density at radius 3 is 2.33 bits per heavy atom. The highest BCUT2D eigenvalue weighted by molar-refractivity contribution is 5.83. The molecule has 1 saturated heterocycles. The van der Waals surface area contributed by atoms with Crippen molar-refractivity contribution in [2.24, 2.45) is 11.1 Å². The molecule has 18 heavy (non-hydrogen) atoms. The maximum Gasteiger partial charge on any atom is 0.227 e. The smallest absolute Gasteiger partial charge is 0.227 e. The van der Waals surface area contributed by atoms with E-state index >= 15 is 0 Å². The van der Waals surface area contributed by atoms with Gasteiger partial charge in [0.1, 0.15) is 0 Å². The van der Waals surface area contributed by atoms with E-state index in [0.29, 0.717) is 6.54 Å². The Bertz CT molecular complexity index is 292. The molecule has 2 aliphatic rings. The van der Waals surface area contributed by atoms with Crippen LogP contribution < -0.4 is 11.1 Å². The van der Waals surface area contributed by atoms with Crippen molar-refractivity contribution in [2.45, 2.75) is 57.4 Å². The number of amides is 1. The van der Waals surface area contributed by atoms with E-state index in [9.17, 15) is 4.79 Å². The first-order valence-electron chi connectivity index (χ1n) is 7.21. The van der Waals surface area contributed by atoms with Gasteiger partial charge in [0.2, 0.25) is 5.91 Å². The predicted octanol–water partition coefficient (Wildman–Crippen LogP) is 1.58. The lowest BCUT2D eigenvalue weighted by molar-refractivity contribution is -0.135. The lowest BCUT2D eigenvalue weighted by Crippen LogP contribution is -2.56. The zero-order chi connectivity index (χ0) is 13.1. The maximum absolute atomic E-state index is 12.6. The normalized spacial score (nSPS) is 26.6. The van der Waals surface area contributed by atoms with Gasteiger partial charge < -0.3 is 15.8 Å². The number of hydrogen-bond donors (Lipinski definition) is 2. The molecular formula is C14H26N2O2. The molecule has 0 unspecified atom stereocenters. The number of hydrogen-bond acceptors (Lipinski definition) is 3. The van der Waals surface area contributed by atoms with Gasteiger partial charge >= 0.3 is 0 Å². The van der Waals surface area contributed by atoms with Gasteiger partial charge in [-0.25, -0.2) is 0 Å². The van der Waals surface area contributed by atoms with E-state index in [-0.39, 0.29) is 16.9 Å². The molecule has 1 aliphatic carbocycles. The molecule has 0 radical (unpaired) electrons. The van der Waals surface area contributed by atoms with Crippen LogP contribution in [0.1, 0.15) is 51.9 Å². The van der Waals surface area contributed by atoms with Crippen LogP contribution in [0.25, 0.3) is 0 Å². The standard InChI is InChI=1S/C14H26N2O2/c1-13(7-9-18-10-8-13)16-12(17)14(11-15)5-3-2-4-6-14/h2-11,15H2,1H3,(H,16,17). The minimum Gasteiger partial charge on any atom is -0.381 e. The van der Waals surface area contributed by atoms with E-state index in [0.717, 1.165) is 51.7 Å². The van der Waals surface area contributed by atoms with Crippen molar-refractivity contribution in [1.29, 1.82) is 0 Å². The topological polar surface area (TPSA) is 64.4 Å². The molecule has 0 aromatic carbocycles. The average molecular weight is 254 g/mol. The third kappa shape index (κ3) is 2.86. The van der Waals surface area contributed by atoms with Crippen molar-refractivity contribution in [1.82, 2.24) is 5.32 Å². The molecule has 1 heterocycles. The molecule has 3 N–H and O–H groups in total. The Hall–Kier alpha value is -0.610. The molecule has 1 saturated carbocycles. The quantitative estimate of drug-likeness (QED) is 0.803. The first kappa shape index (κ1) is 13.8. The van der Waals surface area contributed by atoms with Crippen molar-refractivity contribution < 1.29 is 9.53 Å². The van der Waals surface area contributed by atoms with Crippen LogP contribution in [0.5, 0.6) is 0 Å². The second-order valence-electron chi connectivity index (χ2n) is 6.17. The number of nitrogens with two attached hydrogens (primary N) is 1. The highest BCUT2D eigenvalue weighted by atomic mass is 16.5. The van der Waals surface area contributed by atoms with Crippen molar-refractivity contribution in [3.8, 4) is 0 Å². The minimum atomic E-state index is -0.306. The fraction of sp³-hybridized carbons (Fsp3) is 0.929. The largest absolute Gasteiger partial charge is 0.381 e. The molecule has 4 nitrogen and oxygen atoms in total. The molecular weight excluding hydrogens is 228 g/mol. The SMILES string of the molecule is CC1(NC(=O)C2(CN)CCCCC2)CCOCC1. The Morgan fingerprint density at radius 1 is 1.17 bits per heavy atom. The van der Waals surface area contributed by atoms with Crippen LogP contribution in [0.4, 0.5) is 0 Å². The van der Waals surface area contributed by atoms with Gasteiger partial charge in [-0.2, -0.15) is 0 Å². The third-order valence-electron chi connectivity index (χ3n) is 4.69. The van der Waals surface area contributed by atoms with E-state index in [1.807, 2.05) is 0 Å². The van der Waals surface area contributed by atoms with Crippen molar-refractivity contribution in [3.05, 3.63) is 0 Å².